The smallest absolute Gasteiger partial charge is 0.434 e. The lowest BCUT2D eigenvalue weighted by Crippen LogP contribution is -2.49. The number of carbonyl (C=O) groups excluding carboxylic acids is 2. The molecule has 2 aliphatic rings. The summed E-state index contributed by atoms with van der Waals surface area (Å²) in [4.78, 5) is 25.1. The van der Waals surface area contributed by atoms with Crippen LogP contribution in [0.1, 0.15) is 54.9 Å². The average Bonchev–Trinajstić information content (AvgIpc) is 3.29. The summed E-state index contributed by atoms with van der Waals surface area (Å²) < 4.78 is 42.4. The number of nitrogens with one attached hydrogen (secondary N) is 1. The number of phosphoric ester groups is 1. The van der Waals surface area contributed by atoms with E-state index in [9.17, 15) is 14.2 Å². The number of phosphoric acid groups is 1. The molecule has 1 heterocycles. The fourth-order valence-corrected chi connectivity index (χ4v) is 6.64. The number of benzene rings is 2. The average molecular weight is 739 g/mol. The van der Waals surface area contributed by atoms with E-state index in [-0.39, 0.29) is 39.4 Å². The first-order valence-corrected chi connectivity index (χ1v) is 17.2. The van der Waals surface area contributed by atoms with Gasteiger partial charge in [-0.3, -0.25) is 13.8 Å². The molecule has 252 valence electrons. The van der Waals surface area contributed by atoms with E-state index in [0.717, 1.165) is 35.1 Å². The zero-order valence-corrected chi connectivity index (χ0v) is 30.1. The van der Waals surface area contributed by atoms with Crippen LogP contribution in [0.15, 0.2) is 41.6 Å². The summed E-state index contributed by atoms with van der Waals surface area (Å²) in [7, 11) is 0.291. The molecule has 46 heavy (non-hydrogen) atoms. The summed E-state index contributed by atoms with van der Waals surface area (Å²) in [6.45, 7) is 5.86. The molecule has 2 aromatic carbocycles. The van der Waals surface area contributed by atoms with Gasteiger partial charge in [-0.25, -0.2) is 9.36 Å². The minimum atomic E-state index is -3.75. The van der Waals surface area contributed by atoms with Gasteiger partial charge in [0.1, 0.15) is 5.76 Å². The van der Waals surface area contributed by atoms with E-state index in [1.54, 1.807) is 14.0 Å². The number of amides is 1. The SMILES string of the molecule is CCOC(=O)OC1=C(c2cc(C)ccc2C)C(=O)N[C@]12CC[C@@H](OC)CC2.COP(=O)(OC)O/C(=C\Cl)c1cc(Cl)c(Cl)cc1Cl. The van der Waals surface area contributed by atoms with E-state index in [1.807, 2.05) is 32.0 Å². The van der Waals surface area contributed by atoms with Gasteiger partial charge in [-0.2, -0.15) is 0 Å². The predicted octanol–water partition coefficient (Wildman–Crippen LogP) is 9.25. The van der Waals surface area contributed by atoms with Crippen molar-refractivity contribution in [2.45, 2.75) is 58.1 Å². The van der Waals surface area contributed by atoms with Crippen molar-refractivity contribution in [3.63, 3.8) is 0 Å². The Morgan fingerprint density at radius 1 is 1.02 bits per heavy atom. The van der Waals surface area contributed by atoms with Crippen molar-refractivity contribution in [2.75, 3.05) is 27.9 Å². The zero-order valence-electron chi connectivity index (χ0n) is 26.2. The van der Waals surface area contributed by atoms with Crippen LogP contribution in [0.4, 0.5) is 4.79 Å². The maximum atomic E-state index is 13.0. The zero-order chi connectivity index (χ0) is 34.2. The molecule has 2 aromatic rings. The molecule has 0 aromatic heterocycles. The molecule has 1 spiro atoms. The third kappa shape index (κ3) is 8.99. The molecule has 4 rings (SSSR count). The largest absolute Gasteiger partial charge is 0.529 e. The van der Waals surface area contributed by atoms with E-state index >= 15 is 0 Å². The van der Waals surface area contributed by atoms with Crippen molar-refractivity contribution in [1.29, 1.82) is 0 Å². The van der Waals surface area contributed by atoms with E-state index in [2.05, 4.69) is 14.4 Å². The lowest BCUT2D eigenvalue weighted by Gasteiger charge is -2.37. The van der Waals surface area contributed by atoms with E-state index in [0.29, 0.717) is 29.7 Å². The van der Waals surface area contributed by atoms with Gasteiger partial charge in [-0.15, -0.1) is 0 Å². The molecular weight excluding hydrogens is 703 g/mol. The van der Waals surface area contributed by atoms with Crippen LogP contribution in [0, 0.1) is 13.8 Å². The highest BCUT2D eigenvalue weighted by molar-refractivity contribution is 7.48. The van der Waals surface area contributed by atoms with E-state index < -0.39 is 19.5 Å². The Balaban J connectivity index is 0.000000268. The number of methoxy groups -OCH3 is 1. The summed E-state index contributed by atoms with van der Waals surface area (Å²) in [5, 5.41) is 3.84. The molecule has 0 saturated heterocycles. The maximum absolute atomic E-state index is 13.0. The highest BCUT2D eigenvalue weighted by atomic mass is 35.5. The molecule has 1 aliphatic heterocycles. The van der Waals surface area contributed by atoms with Gasteiger partial charge in [-0.1, -0.05) is 70.2 Å². The second-order valence-corrected chi connectivity index (χ2v) is 13.6. The van der Waals surface area contributed by atoms with Crippen LogP contribution in [-0.4, -0.2) is 51.6 Å². The molecule has 0 radical (unpaired) electrons. The summed E-state index contributed by atoms with van der Waals surface area (Å²) in [5.74, 6) is 0.158. The minimum Gasteiger partial charge on any atom is -0.434 e. The van der Waals surface area contributed by atoms with Crippen molar-refractivity contribution in [1.82, 2.24) is 5.32 Å². The van der Waals surface area contributed by atoms with Crippen LogP contribution in [-0.2, 0) is 37.1 Å². The summed E-state index contributed by atoms with van der Waals surface area (Å²) >= 11 is 23.3. The van der Waals surface area contributed by atoms with Gasteiger partial charge in [0.25, 0.3) is 5.91 Å². The minimum absolute atomic E-state index is 0.0164. The second kappa shape index (κ2) is 16.7. The summed E-state index contributed by atoms with van der Waals surface area (Å²) in [5.41, 5.74) is 3.87. The maximum Gasteiger partial charge on any atom is 0.529 e. The van der Waals surface area contributed by atoms with Crippen molar-refractivity contribution in [2.24, 2.45) is 0 Å². The second-order valence-electron chi connectivity index (χ2n) is 10.4. The lowest BCUT2D eigenvalue weighted by molar-refractivity contribution is -0.116. The van der Waals surface area contributed by atoms with Gasteiger partial charge >= 0.3 is 14.0 Å². The number of halogens is 4. The highest BCUT2D eigenvalue weighted by Gasteiger charge is 2.50. The molecule has 1 amide bonds. The Labute approximate surface area is 288 Å². The topological polar surface area (TPSA) is 119 Å². The lowest BCUT2D eigenvalue weighted by atomic mass is 9.79. The van der Waals surface area contributed by atoms with Crippen LogP contribution in [0.5, 0.6) is 0 Å². The Morgan fingerprint density at radius 3 is 2.22 bits per heavy atom. The van der Waals surface area contributed by atoms with E-state index in [4.69, 9.17) is 65.1 Å². The first-order chi connectivity index (χ1) is 21.8. The van der Waals surface area contributed by atoms with Crippen molar-refractivity contribution in [3.05, 3.63) is 78.9 Å². The van der Waals surface area contributed by atoms with Gasteiger partial charge < -0.3 is 24.1 Å². The fourth-order valence-electron chi connectivity index (χ4n) is 5.09. The molecular formula is C31H36Cl4NO9P. The van der Waals surface area contributed by atoms with Crippen LogP contribution in [0.2, 0.25) is 15.1 Å². The van der Waals surface area contributed by atoms with Crippen molar-refractivity contribution in [3.8, 4) is 0 Å². The third-order valence-corrected chi connectivity index (χ3v) is 10.1. The molecule has 15 heteroatoms. The Hall–Kier alpha value is -2.27. The number of carbonyl (C=O) groups is 2. The number of aryl methyl sites for hydroxylation is 2. The Morgan fingerprint density at radius 2 is 1.65 bits per heavy atom. The highest BCUT2D eigenvalue weighted by Crippen LogP contribution is 2.52. The standard InChI is InChI=1S/C21H27NO5.C10H9Cl4O4P/c1-5-26-20(24)27-18-17(16-12-13(2)6-7-14(16)3)19(23)22-21(18)10-8-15(25-4)9-11-21;1-16-19(15,17-2)18-10(5-11)6-3-8(13)9(14)4-7(6)12/h6-7,12,15H,5,8-11H2,1-4H3,(H,22,23);3-5H,1-2H3/b;10-5-/t15-,21+;. The van der Waals surface area contributed by atoms with Gasteiger partial charge in [0.2, 0.25) is 0 Å². The van der Waals surface area contributed by atoms with Crippen molar-refractivity contribution < 1.29 is 41.9 Å². The Kier molecular flexibility index (Phi) is 13.9. The number of hydrogen-bond donors (Lipinski definition) is 1. The van der Waals surface area contributed by atoms with Crippen molar-refractivity contribution >= 4 is 77.6 Å². The van der Waals surface area contributed by atoms with Gasteiger partial charge in [0.15, 0.2) is 5.76 Å². The molecule has 0 unspecified atom stereocenters. The monoisotopic (exact) mass is 737 g/mol. The first kappa shape index (κ1) is 38.2. The van der Waals surface area contributed by atoms with Crippen LogP contribution >= 0.6 is 54.2 Å². The Bertz CT molecular complexity index is 1550. The fraction of sp³-hybridized carbons (Fsp3) is 0.419. The molecule has 1 aliphatic carbocycles. The molecule has 1 saturated carbocycles. The van der Waals surface area contributed by atoms with E-state index in [1.165, 1.54) is 26.4 Å². The molecule has 1 fully saturated rings. The number of hydrogen-bond acceptors (Lipinski definition) is 9. The summed E-state index contributed by atoms with van der Waals surface area (Å²) in [6.07, 6.45) is 2.25. The number of ether oxygens (including phenoxy) is 3. The number of rotatable bonds is 9. The van der Waals surface area contributed by atoms with Gasteiger partial charge in [-0.05, 0) is 69.7 Å². The molecule has 1 N–H and O–H groups in total. The van der Waals surface area contributed by atoms with Crippen LogP contribution < -0.4 is 5.32 Å². The first-order valence-electron chi connectivity index (χ1n) is 14.2. The third-order valence-electron chi connectivity index (χ3n) is 7.50. The van der Waals surface area contributed by atoms with Crippen LogP contribution in [0.25, 0.3) is 11.3 Å². The molecule has 10 nitrogen and oxygen atoms in total. The van der Waals surface area contributed by atoms with Crippen LogP contribution in [0.3, 0.4) is 0 Å². The van der Waals surface area contributed by atoms with Gasteiger partial charge in [0.05, 0.1) is 38.9 Å². The van der Waals surface area contributed by atoms with Gasteiger partial charge in [0, 0.05) is 32.4 Å². The molecule has 0 atom stereocenters. The predicted molar refractivity (Wildman–Crippen MR) is 179 cm³/mol. The summed E-state index contributed by atoms with van der Waals surface area (Å²) in [6, 6.07) is 8.77. The molecule has 0 bridgehead atoms. The quantitative estimate of drug-likeness (QED) is 0.116. The normalized spacial score (nSPS) is 19.8.